The van der Waals surface area contributed by atoms with Gasteiger partial charge < -0.3 is 15.6 Å². The van der Waals surface area contributed by atoms with Gasteiger partial charge in [0.25, 0.3) is 0 Å². The lowest BCUT2D eigenvalue weighted by Crippen LogP contribution is -2.05. The van der Waals surface area contributed by atoms with Crippen molar-refractivity contribution in [2.75, 3.05) is 12.3 Å². The van der Waals surface area contributed by atoms with Gasteiger partial charge in [0, 0.05) is 5.56 Å². The molecule has 0 aliphatic rings. The largest absolute Gasteiger partial charge is 0.494 e. The lowest BCUT2D eigenvalue weighted by Gasteiger charge is -2.08. The number of carbonyl (C=O) groups is 1. The maximum atomic E-state index is 11.2. The monoisotopic (exact) mass is 258 g/mol. The molecule has 0 saturated carbocycles. The van der Waals surface area contributed by atoms with Crippen LogP contribution < -0.4 is 10.5 Å². The van der Waals surface area contributed by atoms with Gasteiger partial charge in [-0.25, -0.2) is 9.78 Å². The molecule has 0 bridgehead atoms. The Kier molecular flexibility index (Phi) is 3.66. The molecule has 5 nitrogen and oxygen atoms in total. The van der Waals surface area contributed by atoms with E-state index in [0.717, 1.165) is 5.56 Å². The van der Waals surface area contributed by atoms with Gasteiger partial charge in [-0.1, -0.05) is 12.1 Å². The van der Waals surface area contributed by atoms with Gasteiger partial charge in [0.2, 0.25) is 0 Å². The summed E-state index contributed by atoms with van der Waals surface area (Å²) in [7, 11) is 0. The Morgan fingerprint density at radius 3 is 2.84 bits per heavy atom. The lowest BCUT2D eigenvalue weighted by molar-refractivity contribution is 0.0691. The third kappa shape index (κ3) is 2.82. The van der Waals surface area contributed by atoms with Crippen LogP contribution in [-0.2, 0) is 0 Å². The van der Waals surface area contributed by atoms with E-state index < -0.39 is 5.97 Å². The average Bonchev–Trinajstić information content (AvgIpc) is 2.39. The number of pyridine rings is 1. The Labute approximate surface area is 110 Å². The first-order chi connectivity index (χ1) is 9.11. The first kappa shape index (κ1) is 12.9. The number of carboxylic acid groups (broad SMARTS) is 1. The van der Waals surface area contributed by atoms with Crippen molar-refractivity contribution in [2.24, 2.45) is 0 Å². The van der Waals surface area contributed by atoms with Crippen molar-refractivity contribution in [1.82, 2.24) is 4.98 Å². The third-order valence-electron chi connectivity index (χ3n) is 2.58. The minimum atomic E-state index is -1.11. The minimum absolute atomic E-state index is 0.0614. The second kappa shape index (κ2) is 5.39. The van der Waals surface area contributed by atoms with Crippen molar-refractivity contribution in [3.8, 4) is 16.9 Å². The number of hydrogen-bond donors (Lipinski definition) is 2. The summed E-state index contributed by atoms with van der Waals surface area (Å²) in [5.74, 6) is -0.237. The number of aromatic carboxylic acids is 1. The fourth-order valence-electron chi connectivity index (χ4n) is 1.79. The predicted molar refractivity (Wildman–Crippen MR) is 72.2 cm³/mol. The highest BCUT2D eigenvalue weighted by atomic mass is 16.5. The highest BCUT2D eigenvalue weighted by molar-refractivity contribution is 5.94. The summed E-state index contributed by atoms with van der Waals surface area (Å²) >= 11 is 0. The van der Waals surface area contributed by atoms with Crippen molar-refractivity contribution in [3.63, 3.8) is 0 Å². The Hall–Kier alpha value is -2.56. The van der Waals surface area contributed by atoms with Gasteiger partial charge in [-0.05, 0) is 36.8 Å². The zero-order valence-electron chi connectivity index (χ0n) is 10.5. The van der Waals surface area contributed by atoms with Crippen molar-refractivity contribution in [2.45, 2.75) is 6.92 Å². The number of rotatable bonds is 4. The van der Waals surface area contributed by atoms with E-state index in [-0.39, 0.29) is 11.5 Å². The molecule has 19 heavy (non-hydrogen) atoms. The van der Waals surface area contributed by atoms with Crippen molar-refractivity contribution in [3.05, 3.63) is 42.1 Å². The second-order valence-corrected chi connectivity index (χ2v) is 3.90. The number of carboxylic acids is 1. The lowest BCUT2D eigenvalue weighted by atomic mass is 10.0. The molecular formula is C14H14N2O3. The van der Waals surface area contributed by atoms with Gasteiger partial charge in [-0.2, -0.15) is 0 Å². The number of nitrogens with zero attached hydrogens (tertiary/aromatic N) is 1. The van der Waals surface area contributed by atoms with Crippen LogP contribution in [0, 0.1) is 0 Å². The molecule has 3 N–H and O–H groups in total. The molecular weight excluding hydrogens is 244 g/mol. The summed E-state index contributed by atoms with van der Waals surface area (Å²) in [6.45, 7) is 2.44. The minimum Gasteiger partial charge on any atom is -0.494 e. The van der Waals surface area contributed by atoms with E-state index in [1.807, 2.05) is 25.1 Å². The van der Waals surface area contributed by atoms with E-state index in [0.29, 0.717) is 17.9 Å². The van der Waals surface area contributed by atoms with E-state index in [1.54, 1.807) is 18.2 Å². The molecule has 5 heteroatoms. The second-order valence-electron chi connectivity index (χ2n) is 3.90. The number of aromatic nitrogens is 1. The molecule has 0 unspecified atom stereocenters. The number of benzene rings is 1. The van der Waals surface area contributed by atoms with Gasteiger partial charge in [0.1, 0.15) is 11.6 Å². The molecule has 1 heterocycles. The first-order valence-electron chi connectivity index (χ1n) is 5.85. The molecule has 2 rings (SSSR count). The van der Waals surface area contributed by atoms with Gasteiger partial charge >= 0.3 is 5.97 Å². The first-order valence-corrected chi connectivity index (χ1v) is 5.85. The average molecular weight is 258 g/mol. The van der Waals surface area contributed by atoms with Gasteiger partial charge in [-0.15, -0.1) is 0 Å². The molecule has 0 fully saturated rings. The summed E-state index contributed by atoms with van der Waals surface area (Å²) in [5, 5.41) is 9.17. The molecule has 98 valence electrons. The quantitative estimate of drug-likeness (QED) is 0.879. The van der Waals surface area contributed by atoms with E-state index in [1.165, 1.54) is 0 Å². The zero-order chi connectivity index (χ0) is 13.8. The smallest absolute Gasteiger partial charge is 0.355 e. The molecule has 0 radical (unpaired) electrons. The normalized spacial score (nSPS) is 10.2. The fourth-order valence-corrected chi connectivity index (χ4v) is 1.79. The Balaban J connectivity index is 2.52. The Morgan fingerprint density at radius 2 is 2.16 bits per heavy atom. The highest BCUT2D eigenvalue weighted by Gasteiger charge is 2.14. The third-order valence-corrected chi connectivity index (χ3v) is 2.58. The maximum absolute atomic E-state index is 11.2. The fraction of sp³-hybridized carbons (Fsp3) is 0.143. The van der Waals surface area contributed by atoms with Crippen molar-refractivity contribution in [1.29, 1.82) is 0 Å². The Morgan fingerprint density at radius 1 is 1.37 bits per heavy atom. The van der Waals surface area contributed by atoms with Crippen LogP contribution in [0.4, 0.5) is 5.82 Å². The van der Waals surface area contributed by atoms with Crippen molar-refractivity contribution < 1.29 is 14.6 Å². The number of hydrogen-bond acceptors (Lipinski definition) is 4. The van der Waals surface area contributed by atoms with Crippen molar-refractivity contribution >= 4 is 11.8 Å². The predicted octanol–water partition coefficient (Wildman–Crippen LogP) is 2.43. The molecule has 0 spiro atoms. The number of nitrogens with two attached hydrogens (primary N) is 1. The highest BCUT2D eigenvalue weighted by Crippen LogP contribution is 2.27. The van der Waals surface area contributed by atoms with E-state index in [4.69, 9.17) is 10.5 Å². The van der Waals surface area contributed by atoms with Crippen LogP contribution in [0.15, 0.2) is 36.4 Å². The summed E-state index contributed by atoms with van der Waals surface area (Å²) in [6.07, 6.45) is 0. The summed E-state index contributed by atoms with van der Waals surface area (Å²) in [6, 6.07) is 10.4. The number of ether oxygens (including phenoxy) is 1. The number of anilines is 1. The van der Waals surface area contributed by atoms with Crippen LogP contribution in [0.5, 0.6) is 5.75 Å². The van der Waals surface area contributed by atoms with E-state index in [9.17, 15) is 9.90 Å². The SMILES string of the molecule is CCOc1cccc(-c2ccc(N)nc2C(=O)O)c1. The topological polar surface area (TPSA) is 85.4 Å². The molecule has 2 aromatic rings. The Bertz CT molecular complexity index is 611. The molecule has 1 aromatic heterocycles. The molecule has 0 saturated heterocycles. The summed E-state index contributed by atoms with van der Waals surface area (Å²) in [4.78, 5) is 15.1. The van der Waals surface area contributed by atoms with Gasteiger partial charge in [0.05, 0.1) is 6.61 Å². The van der Waals surface area contributed by atoms with Crippen LogP contribution >= 0.6 is 0 Å². The van der Waals surface area contributed by atoms with Gasteiger partial charge in [0.15, 0.2) is 5.69 Å². The van der Waals surface area contributed by atoms with Crippen LogP contribution in [0.25, 0.3) is 11.1 Å². The molecule has 0 aliphatic heterocycles. The molecule has 0 aliphatic carbocycles. The maximum Gasteiger partial charge on any atom is 0.355 e. The van der Waals surface area contributed by atoms with Crippen LogP contribution in [0.2, 0.25) is 0 Å². The van der Waals surface area contributed by atoms with Gasteiger partial charge in [-0.3, -0.25) is 0 Å². The molecule has 0 atom stereocenters. The zero-order valence-corrected chi connectivity index (χ0v) is 10.5. The molecule has 0 amide bonds. The standard InChI is InChI=1S/C14H14N2O3/c1-2-19-10-5-3-4-9(8-10)11-6-7-12(15)16-13(11)14(17)18/h3-8H,2H2,1H3,(H2,15,16)(H,17,18). The van der Waals surface area contributed by atoms with Crippen LogP contribution in [0.1, 0.15) is 17.4 Å². The summed E-state index contributed by atoms with van der Waals surface area (Å²) in [5.41, 5.74) is 6.71. The van der Waals surface area contributed by atoms with Crippen LogP contribution in [-0.4, -0.2) is 22.7 Å². The summed E-state index contributed by atoms with van der Waals surface area (Å²) < 4.78 is 5.40. The van der Waals surface area contributed by atoms with Crippen LogP contribution in [0.3, 0.4) is 0 Å². The molecule has 1 aromatic carbocycles. The van der Waals surface area contributed by atoms with E-state index in [2.05, 4.69) is 4.98 Å². The van der Waals surface area contributed by atoms with E-state index >= 15 is 0 Å². The number of nitrogen functional groups attached to an aromatic ring is 1.